The molecular formula is C14H22BN3O4. The van der Waals surface area contributed by atoms with E-state index in [0.717, 1.165) is 12.8 Å². The van der Waals surface area contributed by atoms with Crippen molar-refractivity contribution in [2.24, 2.45) is 0 Å². The average Bonchev–Trinajstić information content (AvgIpc) is 2.55. The Morgan fingerprint density at radius 1 is 1.36 bits per heavy atom. The maximum Gasteiger partial charge on any atom is 0.488 e. The lowest BCUT2D eigenvalue weighted by molar-refractivity contribution is 0.0989. The Hall–Kier alpha value is -1.80. The minimum Gasteiger partial charge on any atom is -0.449 e. The van der Waals surface area contributed by atoms with Crippen LogP contribution in [0.4, 0.5) is 10.6 Å². The second-order valence-electron chi connectivity index (χ2n) is 5.26. The molecule has 0 saturated carbocycles. The molecule has 0 bridgehead atoms. The zero-order valence-electron chi connectivity index (χ0n) is 12.8. The van der Waals surface area contributed by atoms with E-state index in [9.17, 15) is 14.8 Å². The monoisotopic (exact) mass is 307 g/mol. The van der Waals surface area contributed by atoms with Crippen LogP contribution in [0.1, 0.15) is 19.8 Å². The number of ether oxygens (including phenoxy) is 1. The molecule has 1 aromatic rings. The van der Waals surface area contributed by atoms with Gasteiger partial charge in [-0.3, -0.25) is 0 Å². The SMILES string of the molecule is CCCCOC(=O)N1CCN(c2cc(B(O)O)ccn2)CC1. The molecule has 7 nitrogen and oxygen atoms in total. The molecule has 0 aromatic carbocycles. The van der Waals surface area contributed by atoms with Crippen LogP contribution in [0.15, 0.2) is 18.3 Å². The van der Waals surface area contributed by atoms with Crippen molar-refractivity contribution in [3.8, 4) is 0 Å². The van der Waals surface area contributed by atoms with Crippen molar-refractivity contribution in [1.29, 1.82) is 0 Å². The van der Waals surface area contributed by atoms with Crippen LogP contribution in [0.2, 0.25) is 0 Å². The molecule has 0 unspecified atom stereocenters. The van der Waals surface area contributed by atoms with Crippen LogP contribution in [0.5, 0.6) is 0 Å². The van der Waals surface area contributed by atoms with Crippen molar-refractivity contribution in [3.05, 3.63) is 18.3 Å². The van der Waals surface area contributed by atoms with Gasteiger partial charge in [-0.25, -0.2) is 9.78 Å². The summed E-state index contributed by atoms with van der Waals surface area (Å²) in [6, 6.07) is 3.22. The van der Waals surface area contributed by atoms with Gasteiger partial charge in [0.1, 0.15) is 5.82 Å². The second kappa shape index (κ2) is 8.00. The molecule has 0 atom stereocenters. The Morgan fingerprint density at radius 2 is 2.09 bits per heavy atom. The molecule has 0 spiro atoms. The third-order valence-corrected chi connectivity index (χ3v) is 3.65. The van der Waals surface area contributed by atoms with Gasteiger partial charge in [0.2, 0.25) is 0 Å². The summed E-state index contributed by atoms with van der Waals surface area (Å²) in [4.78, 5) is 19.8. The molecule has 1 aromatic heterocycles. The summed E-state index contributed by atoms with van der Waals surface area (Å²) < 4.78 is 5.20. The Balaban J connectivity index is 1.86. The molecule has 120 valence electrons. The van der Waals surface area contributed by atoms with Gasteiger partial charge < -0.3 is 24.6 Å². The molecule has 1 fully saturated rings. The molecule has 1 saturated heterocycles. The molecule has 2 N–H and O–H groups in total. The standard InChI is InChI=1S/C14H22BN3O4/c1-2-3-10-22-14(19)18-8-6-17(7-9-18)13-11-12(15(20)21)4-5-16-13/h4-5,11,20-21H,2-3,6-10H2,1H3. The van der Waals surface area contributed by atoms with E-state index < -0.39 is 7.12 Å². The first-order chi connectivity index (χ1) is 10.6. The van der Waals surface area contributed by atoms with Crippen molar-refractivity contribution in [2.75, 3.05) is 37.7 Å². The average molecular weight is 307 g/mol. The highest BCUT2D eigenvalue weighted by Crippen LogP contribution is 2.12. The van der Waals surface area contributed by atoms with E-state index in [1.807, 2.05) is 4.90 Å². The number of pyridine rings is 1. The Labute approximate surface area is 130 Å². The van der Waals surface area contributed by atoms with Crippen LogP contribution < -0.4 is 10.4 Å². The summed E-state index contributed by atoms with van der Waals surface area (Å²) in [5.41, 5.74) is 0.409. The summed E-state index contributed by atoms with van der Waals surface area (Å²) in [6.07, 6.45) is 3.17. The van der Waals surface area contributed by atoms with E-state index >= 15 is 0 Å². The molecule has 1 amide bonds. The van der Waals surface area contributed by atoms with Gasteiger partial charge in [-0.15, -0.1) is 0 Å². The summed E-state index contributed by atoms with van der Waals surface area (Å²) in [5, 5.41) is 18.4. The summed E-state index contributed by atoms with van der Waals surface area (Å²) in [5.74, 6) is 0.685. The summed E-state index contributed by atoms with van der Waals surface area (Å²) in [7, 11) is -1.50. The Morgan fingerprint density at radius 3 is 2.73 bits per heavy atom. The fourth-order valence-electron chi connectivity index (χ4n) is 2.28. The van der Waals surface area contributed by atoms with Gasteiger partial charge in [-0.05, 0) is 24.0 Å². The number of amides is 1. The third kappa shape index (κ3) is 4.35. The highest BCUT2D eigenvalue weighted by atomic mass is 16.6. The maximum atomic E-state index is 11.9. The fourth-order valence-corrected chi connectivity index (χ4v) is 2.28. The second-order valence-corrected chi connectivity index (χ2v) is 5.26. The zero-order chi connectivity index (χ0) is 15.9. The maximum absolute atomic E-state index is 11.9. The summed E-state index contributed by atoms with van der Waals surface area (Å²) >= 11 is 0. The molecule has 2 rings (SSSR count). The van der Waals surface area contributed by atoms with Crippen LogP contribution in [0, 0.1) is 0 Å². The summed E-state index contributed by atoms with van der Waals surface area (Å²) in [6.45, 7) is 4.93. The first-order valence-corrected chi connectivity index (χ1v) is 7.60. The number of piperazine rings is 1. The molecule has 1 aliphatic rings. The molecule has 0 aliphatic carbocycles. The Kier molecular flexibility index (Phi) is 6.03. The predicted octanol–water partition coefficient (Wildman–Crippen LogP) is -0.180. The lowest BCUT2D eigenvalue weighted by atomic mass is 9.81. The quantitative estimate of drug-likeness (QED) is 0.580. The number of hydrogen-bond acceptors (Lipinski definition) is 6. The van der Waals surface area contributed by atoms with Crippen LogP contribution >= 0.6 is 0 Å². The topological polar surface area (TPSA) is 86.1 Å². The van der Waals surface area contributed by atoms with Crippen LogP contribution in [-0.2, 0) is 4.74 Å². The first-order valence-electron chi connectivity index (χ1n) is 7.60. The first kappa shape index (κ1) is 16.6. The van der Waals surface area contributed by atoms with E-state index in [4.69, 9.17) is 4.74 Å². The molecule has 1 aliphatic heterocycles. The van der Waals surface area contributed by atoms with Crippen LogP contribution in [0.3, 0.4) is 0 Å². The highest BCUT2D eigenvalue weighted by Gasteiger charge is 2.23. The number of hydrogen-bond donors (Lipinski definition) is 2. The van der Waals surface area contributed by atoms with Crippen molar-refractivity contribution >= 4 is 24.5 Å². The van der Waals surface area contributed by atoms with Gasteiger partial charge in [-0.1, -0.05) is 13.3 Å². The number of nitrogens with zero attached hydrogens (tertiary/aromatic N) is 3. The van der Waals surface area contributed by atoms with Gasteiger partial charge in [0.05, 0.1) is 6.61 Å². The van der Waals surface area contributed by atoms with Crippen molar-refractivity contribution in [3.63, 3.8) is 0 Å². The molecule has 2 heterocycles. The van der Waals surface area contributed by atoms with Gasteiger partial charge >= 0.3 is 13.2 Å². The smallest absolute Gasteiger partial charge is 0.449 e. The molecule has 22 heavy (non-hydrogen) atoms. The van der Waals surface area contributed by atoms with Crippen LogP contribution in [-0.4, -0.2) is 65.9 Å². The normalized spacial score (nSPS) is 14.9. The zero-order valence-corrected chi connectivity index (χ0v) is 12.8. The van der Waals surface area contributed by atoms with E-state index in [0.29, 0.717) is 44.1 Å². The van der Waals surface area contributed by atoms with Gasteiger partial charge in [0, 0.05) is 32.4 Å². The van der Waals surface area contributed by atoms with E-state index in [2.05, 4.69) is 11.9 Å². The number of anilines is 1. The fraction of sp³-hybridized carbons (Fsp3) is 0.571. The highest BCUT2D eigenvalue weighted by molar-refractivity contribution is 6.58. The number of carbonyl (C=O) groups is 1. The van der Waals surface area contributed by atoms with Crippen molar-refractivity contribution in [2.45, 2.75) is 19.8 Å². The largest absolute Gasteiger partial charge is 0.488 e. The molecule has 8 heteroatoms. The number of aromatic nitrogens is 1. The van der Waals surface area contributed by atoms with E-state index in [1.54, 1.807) is 23.2 Å². The minimum atomic E-state index is -1.50. The van der Waals surface area contributed by atoms with E-state index in [1.165, 1.54) is 0 Å². The van der Waals surface area contributed by atoms with Crippen molar-refractivity contribution in [1.82, 2.24) is 9.88 Å². The molecular weight excluding hydrogens is 285 g/mol. The lowest BCUT2D eigenvalue weighted by Crippen LogP contribution is -2.49. The number of carbonyl (C=O) groups excluding carboxylic acids is 1. The predicted molar refractivity (Wildman–Crippen MR) is 84.1 cm³/mol. The number of rotatable bonds is 5. The lowest BCUT2D eigenvalue weighted by Gasteiger charge is -2.34. The Bertz CT molecular complexity index is 493. The van der Waals surface area contributed by atoms with Gasteiger partial charge in [0.25, 0.3) is 0 Å². The van der Waals surface area contributed by atoms with Crippen LogP contribution in [0.25, 0.3) is 0 Å². The van der Waals surface area contributed by atoms with Gasteiger partial charge in [-0.2, -0.15) is 0 Å². The molecule has 0 radical (unpaired) electrons. The number of unbranched alkanes of at least 4 members (excludes halogenated alkanes) is 1. The third-order valence-electron chi connectivity index (χ3n) is 3.65. The minimum absolute atomic E-state index is 0.263. The van der Waals surface area contributed by atoms with E-state index in [-0.39, 0.29) is 6.09 Å². The van der Waals surface area contributed by atoms with Gasteiger partial charge in [0.15, 0.2) is 0 Å². The van der Waals surface area contributed by atoms with Crippen molar-refractivity contribution < 1.29 is 19.6 Å².